The van der Waals surface area contributed by atoms with E-state index in [4.69, 9.17) is 23.2 Å². The monoisotopic (exact) mass is 319 g/mol. The average Bonchev–Trinajstić information content (AvgIpc) is 2.26. The molecule has 1 aromatic carbocycles. The average molecular weight is 320 g/mol. The van der Waals surface area contributed by atoms with Crippen LogP contribution in [0.25, 0.3) is 0 Å². The molecule has 0 spiro atoms. The summed E-state index contributed by atoms with van der Waals surface area (Å²) in [6.07, 6.45) is 0. The van der Waals surface area contributed by atoms with Gasteiger partial charge in [0.25, 0.3) is 5.69 Å². The Kier molecular flexibility index (Phi) is 6.24. The molecule has 2 unspecified atom stereocenters. The summed E-state index contributed by atoms with van der Waals surface area (Å²) in [6, 6.07) is 6.83. The highest BCUT2D eigenvalue weighted by Gasteiger charge is 2.29. The third-order valence-corrected chi connectivity index (χ3v) is 3.40. The summed E-state index contributed by atoms with van der Waals surface area (Å²) in [7, 11) is 2.04. The van der Waals surface area contributed by atoms with Crippen molar-refractivity contribution in [1.82, 2.24) is 0 Å². The Balaban J connectivity index is 3.03. The van der Waals surface area contributed by atoms with Gasteiger partial charge in [0.05, 0.1) is 41.4 Å². The van der Waals surface area contributed by atoms with Gasteiger partial charge in [-0.25, -0.2) is 0 Å². The van der Waals surface area contributed by atoms with E-state index in [9.17, 15) is 10.1 Å². The van der Waals surface area contributed by atoms with E-state index in [0.717, 1.165) is 5.56 Å². The van der Waals surface area contributed by atoms with Gasteiger partial charge in [-0.3, -0.25) is 10.1 Å². The molecule has 112 valence electrons. The van der Waals surface area contributed by atoms with Crippen molar-refractivity contribution < 1.29 is 9.41 Å². The number of para-hydroxylation sites is 1. The van der Waals surface area contributed by atoms with Crippen LogP contribution in [0.2, 0.25) is 0 Å². The van der Waals surface area contributed by atoms with Gasteiger partial charge in [0.1, 0.15) is 6.54 Å². The summed E-state index contributed by atoms with van der Waals surface area (Å²) in [4.78, 5) is 10.8. The lowest BCUT2D eigenvalue weighted by molar-refractivity contribution is -0.921. The van der Waals surface area contributed by atoms with Crippen LogP contribution in [0.1, 0.15) is 19.4 Å². The van der Waals surface area contributed by atoms with Crippen LogP contribution in [0.4, 0.5) is 5.69 Å². The second-order valence-corrected chi connectivity index (χ2v) is 7.08. The van der Waals surface area contributed by atoms with Gasteiger partial charge in [-0.1, -0.05) is 12.1 Å². The predicted octanol–water partition coefficient (Wildman–Crippen LogP) is 3.80. The Morgan fingerprint density at radius 2 is 1.70 bits per heavy atom. The lowest BCUT2D eigenvalue weighted by atomic mass is 10.1. The van der Waals surface area contributed by atoms with Gasteiger partial charge in [-0.2, -0.15) is 0 Å². The number of halogens is 2. The topological polar surface area (TPSA) is 43.1 Å². The molecule has 0 aliphatic carbocycles. The zero-order chi connectivity index (χ0) is 15.3. The van der Waals surface area contributed by atoms with E-state index in [1.165, 1.54) is 6.07 Å². The minimum absolute atomic E-state index is 0.0156. The molecule has 0 saturated heterocycles. The molecule has 6 heteroatoms. The number of nitro benzene ring substituents is 1. The molecular weight excluding hydrogens is 299 g/mol. The largest absolute Gasteiger partial charge is 0.320 e. The lowest BCUT2D eigenvalue weighted by Crippen LogP contribution is -2.49. The molecule has 0 radical (unpaired) electrons. The summed E-state index contributed by atoms with van der Waals surface area (Å²) in [5.74, 6) is 0. The highest BCUT2D eigenvalue weighted by Crippen LogP contribution is 2.24. The Morgan fingerprint density at radius 1 is 1.20 bits per heavy atom. The van der Waals surface area contributed by atoms with Crippen LogP contribution in [0.5, 0.6) is 0 Å². The molecule has 0 fully saturated rings. The lowest BCUT2D eigenvalue weighted by Gasteiger charge is -2.36. The molecule has 2 atom stereocenters. The molecule has 0 aliphatic heterocycles. The van der Waals surface area contributed by atoms with Gasteiger partial charge in [-0.15, -0.1) is 23.2 Å². The molecule has 0 aliphatic rings. The second kappa shape index (κ2) is 7.25. The van der Waals surface area contributed by atoms with Crippen LogP contribution in [0.15, 0.2) is 24.3 Å². The smallest absolute Gasteiger partial charge is 0.278 e. The van der Waals surface area contributed by atoms with Crippen LogP contribution in [0, 0.1) is 10.1 Å². The summed E-state index contributed by atoms with van der Waals surface area (Å²) in [5.41, 5.74) is 0.871. The molecule has 0 bridgehead atoms. The minimum atomic E-state index is -0.339. The summed E-state index contributed by atoms with van der Waals surface area (Å²) in [6.45, 7) is 5.83. The first-order valence-electron chi connectivity index (χ1n) is 6.57. The number of hydrogen-bond acceptors (Lipinski definition) is 2. The van der Waals surface area contributed by atoms with E-state index in [2.05, 4.69) is 0 Å². The van der Waals surface area contributed by atoms with E-state index in [1.807, 2.05) is 27.0 Å². The van der Waals surface area contributed by atoms with Crippen molar-refractivity contribution in [3.05, 3.63) is 39.9 Å². The molecular formula is C14H21Cl2N2O2+. The van der Waals surface area contributed by atoms with Crippen molar-refractivity contribution in [2.45, 2.75) is 31.1 Å². The van der Waals surface area contributed by atoms with Gasteiger partial charge >= 0.3 is 0 Å². The molecule has 0 saturated carbocycles. The molecule has 20 heavy (non-hydrogen) atoms. The van der Waals surface area contributed by atoms with Crippen molar-refractivity contribution in [2.75, 3.05) is 20.1 Å². The summed E-state index contributed by atoms with van der Waals surface area (Å²) >= 11 is 12.2. The Hall–Kier alpha value is -0.840. The first kappa shape index (κ1) is 17.2. The van der Waals surface area contributed by atoms with E-state index in [-0.39, 0.29) is 21.4 Å². The fourth-order valence-electron chi connectivity index (χ4n) is 2.65. The Bertz CT molecular complexity index is 454. The quantitative estimate of drug-likeness (QED) is 0.332. The van der Waals surface area contributed by atoms with Crippen LogP contribution < -0.4 is 0 Å². The predicted molar refractivity (Wildman–Crippen MR) is 83.3 cm³/mol. The highest BCUT2D eigenvalue weighted by molar-refractivity contribution is 6.20. The van der Waals surface area contributed by atoms with Gasteiger partial charge in [0.15, 0.2) is 0 Å². The fourth-order valence-corrected chi connectivity index (χ4v) is 3.32. The number of quaternary nitrogens is 1. The first-order valence-corrected chi connectivity index (χ1v) is 7.45. The van der Waals surface area contributed by atoms with Gasteiger partial charge in [-0.05, 0) is 19.9 Å². The number of benzene rings is 1. The van der Waals surface area contributed by atoms with Crippen LogP contribution in [-0.2, 0) is 6.54 Å². The maximum absolute atomic E-state index is 11.1. The van der Waals surface area contributed by atoms with E-state index in [0.29, 0.717) is 24.1 Å². The van der Waals surface area contributed by atoms with Gasteiger partial charge in [0.2, 0.25) is 0 Å². The molecule has 4 nitrogen and oxygen atoms in total. The SMILES string of the molecule is CC(Cl)C[N+](C)(Cc1ccccc1[N+](=O)[O-])CC(C)Cl. The molecule has 1 rings (SSSR count). The van der Waals surface area contributed by atoms with Crippen molar-refractivity contribution in [3.63, 3.8) is 0 Å². The van der Waals surface area contributed by atoms with Gasteiger partial charge < -0.3 is 4.48 Å². The number of nitro groups is 1. The van der Waals surface area contributed by atoms with Crippen molar-refractivity contribution >= 4 is 28.9 Å². The van der Waals surface area contributed by atoms with Crippen LogP contribution in [-0.4, -0.2) is 40.3 Å². The van der Waals surface area contributed by atoms with Crippen molar-refractivity contribution in [2.24, 2.45) is 0 Å². The van der Waals surface area contributed by atoms with Crippen LogP contribution in [0.3, 0.4) is 0 Å². The van der Waals surface area contributed by atoms with E-state index >= 15 is 0 Å². The molecule has 0 amide bonds. The van der Waals surface area contributed by atoms with Gasteiger partial charge in [0, 0.05) is 6.07 Å². The maximum atomic E-state index is 11.1. The van der Waals surface area contributed by atoms with E-state index < -0.39 is 0 Å². The number of nitrogens with zero attached hydrogens (tertiary/aromatic N) is 2. The fraction of sp³-hybridized carbons (Fsp3) is 0.571. The number of hydrogen-bond donors (Lipinski definition) is 0. The standard InChI is InChI=1S/C14H21Cl2N2O2/c1-11(15)8-18(3,9-12(2)16)10-13-6-4-5-7-14(13)17(19)20/h4-7,11-12H,8-10H2,1-3H3/q+1. The third-order valence-electron chi connectivity index (χ3n) is 3.13. The molecule has 1 aromatic rings. The number of alkyl halides is 2. The van der Waals surface area contributed by atoms with Crippen molar-refractivity contribution in [3.8, 4) is 0 Å². The maximum Gasteiger partial charge on any atom is 0.278 e. The third kappa shape index (κ3) is 5.27. The first-order chi connectivity index (χ1) is 9.23. The normalized spacial score (nSPS) is 17.2. The Labute approximate surface area is 130 Å². The van der Waals surface area contributed by atoms with E-state index in [1.54, 1.807) is 12.1 Å². The summed E-state index contributed by atoms with van der Waals surface area (Å²) in [5, 5.41) is 11.1. The number of rotatable bonds is 7. The van der Waals surface area contributed by atoms with Crippen LogP contribution >= 0.6 is 23.2 Å². The molecule has 0 aromatic heterocycles. The summed E-state index contributed by atoms with van der Waals surface area (Å²) < 4.78 is 0.584. The zero-order valence-corrected chi connectivity index (χ0v) is 13.6. The Morgan fingerprint density at radius 3 is 2.15 bits per heavy atom. The van der Waals surface area contributed by atoms with Crippen molar-refractivity contribution in [1.29, 1.82) is 0 Å². The molecule has 0 heterocycles. The minimum Gasteiger partial charge on any atom is -0.320 e. The highest BCUT2D eigenvalue weighted by atomic mass is 35.5. The second-order valence-electron chi connectivity index (χ2n) is 5.59. The molecule has 0 N–H and O–H groups in total. The zero-order valence-electron chi connectivity index (χ0n) is 12.1.